The third kappa shape index (κ3) is 8.37. The van der Waals surface area contributed by atoms with Gasteiger partial charge in [-0.15, -0.1) is 0 Å². The van der Waals surface area contributed by atoms with Gasteiger partial charge in [-0.2, -0.15) is 0 Å². The highest BCUT2D eigenvalue weighted by molar-refractivity contribution is 5.88. The molecule has 3 rings (SSSR count). The molecule has 0 radical (unpaired) electrons. The number of carbonyl (C=O) groups excluding carboxylic acids is 2. The smallest absolute Gasteiger partial charge is 0.261 e. The van der Waals surface area contributed by atoms with Gasteiger partial charge in [-0.25, -0.2) is 0 Å². The molecule has 0 aliphatic heterocycles. The Hall–Kier alpha value is -3.80. The third-order valence-corrected chi connectivity index (χ3v) is 6.33. The van der Waals surface area contributed by atoms with Crippen LogP contribution in [-0.2, 0) is 22.6 Å². The lowest BCUT2D eigenvalue weighted by Gasteiger charge is -2.32. The highest BCUT2D eigenvalue weighted by Crippen LogP contribution is 2.26. The van der Waals surface area contributed by atoms with Crippen molar-refractivity contribution < 1.29 is 19.1 Å². The molecule has 0 bridgehead atoms. The number of para-hydroxylation sites is 1. The van der Waals surface area contributed by atoms with Crippen molar-refractivity contribution in [3.8, 4) is 11.5 Å². The van der Waals surface area contributed by atoms with Crippen molar-refractivity contribution in [2.75, 3.05) is 20.3 Å². The van der Waals surface area contributed by atoms with E-state index >= 15 is 0 Å². The monoisotopic (exact) mass is 516 g/mol. The van der Waals surface area contributed by atoms with E-state index < -0.39 is 6.04 Å². The topological polar surface area (TPSA) is 67.9 Å². The van der Waals surface area contributed by atoms with Gasteiger partial charge in [-0.3, -0.25) is 9.59 Å². The van der Waals surface area contributed by atoms with E-state index in [4.69, 9.17) is 9.47 Å². The number of carbonyl (C=O) groups is 2. The molecule has 0 heterocycles. The Bertz CT molecular complexity index is 1180. The molecule has 0 aliphatic rings. The van der Waals surface area contributed by atoms with Gasteiger partial charge in [0.05, 0.1) is 7.11 Å². The zero-order chi connectivity index (χ0) is 27.5. The second-order valence-corrected chi connectivity index (χ2v) is 10.2. The van der Waals surface area contributed by atoms with Crippen LogP contribution in [0.3, 0.4) is 0 Å². The van der Waals surface area contributed by atoms with Crippen molar-refractivity contribution in [1.29, 1.82) is 0 Å². The van der Waals surface area contributed by atoms with E-state index in [1.807, 2.05) is 92.7 Å². The van der Waals surface area contributed by atoms with Gasteiger partial charge < -0.3 is 19.7 Å². The van der Waals surface area contributed by atoms with E-state index in [0.717, 1.165) is 16.7 Å². The molecule has 2 amide bonds. The Morgan fingerprint density at radius 3 is 2.24 bits per heavy atom. The normalized spacial score (nSPS) is 11.8. The Labute approximate surface area is 227 Å². The predicted octanol–water partition coefficient (Wildman–Crippen LogP) is 5.61. The zero-order valence-electron chi connectivity index (χ0n) is 23.1. The molecule has 38 heavy (non-hydrogen) atoms. The molecule has 0 aliphatic carbocycles. The van der Waals surface area contributed by atoms with Gasteiger partial charge in [-0.1, -0.05) is 88.4 Å². The van der Waals surface area contributed by atoms with E-state index in [1.54, 1.807) is 12.0 Å². The molecule has 0 fully saturated rings. The van der Waals surface area contributed by atoms with Gasteiger partial charge in [0.1, 0.15) is 17.5 Å². The second-order valence-electron chi connectivity index (χ2n) is 10.2. The van der Waals surface area contributed by atoms with Crippen molar-refractivity contribution >= 4 is 11.8 Å². The average Bonchev–Trinajstić information content (AvgIpc) is 2.93. The predicted molar refractivity (Wildman–Crippen MR) is 151 cm³/mol. The minimum atomic E-state index is -0.709. The molecular formula is C32H40N2O4. The van der Waals surface area contributed by atoms with Gasteiger partial charge in [-0.05, 0) is 46.7 Å². The summed E-state index contributed by atoms with van der Waals surface area (Å²) in [6.45, 7) is 8.89. The van der Waals surface area contributed by atoms with Gasteiger partial charge in [0.15, 0.2) is 6.61 Å². The lowest BCUT2D eigenvalue weighted by molar-refractivity contribution is -0.142. The Morgan fingerprint density at radius 2 is 1.55 bits per heavy atom. The van der Waals surface area contributed by atoms with Crippen LogP contribution < -0.4 is 14.8 Å². The number of amides is 2. The SMILES string of the molecule is COc1cccc(CN(C(=O)COc2ccccc2C(C)C)[C@H](Cc2ccccc2)C(=O)NCC(C)C)c1. The van der Waals surface area contributed by atoms with E-state index in [-0.39, 0.29) is 36.8 Å². The van der Waals surface area contributed by atoms with Crippen LogP contribution >= 0.6 is 0 Å². The van der Waals surface area contributed by atoms with Gasteiger partial charge in [0.2, 0.25) is 5.91 Å². The minimum Gasteiger partial charge on any atom is -0.497 e. The minimum absolute atomic E-state index is 0.170. The maximum Gasteiger partial charge on any atom is 0.261 e. The first-order valence-electron chi connectivity index (χ1n) is 13.2. The van der Waals surface area contributed by atoms with Crippen molar-refractivity contribution in [3.63, 3.8) is 0 Å². The molecule has 202 valence electrons. The van der Waals surface area contributed by atoms with E-state index in [2.05, 4.69) is 19.2 Å². The van der Waals surface area contributed by atoms with E-state index in [9.17, 15) is 9.59 Å². The molecule has 0 saturated heterocycles. The summed E-state index contributed by atoms with van der Waals surface area (Å²) in [4.78, 5) is 29.0. The number of methoxy groups -OCH3 is 1. The number of rotatable bonds is 13. The molecule has 0 spiro atoms. The molecule has 3 aromatic rings. The lowest BCUT2D eigenvalue weighted by Crippen LogP contribution is -2.52. The summed E-state index contributed by atoms with van der Waals surface area (Å²) in [5.41, 5.74) is 2.89. The Balaban J connectivity index is 1.94. The summed E-state index contributed by atoms with van der Waals surface area (Å²) >= 11 is 0. The molecule has 0 unspecified atom stereocenters. The lowest BCUT2D eigenvalue weighted by atomic mass is 10.0. The van der Waals surface area contributed by atoms with Gasteiger partial charge >= 0.3 is 0 Å². The van der Waals surface area contributed by atoms with E-state index in [1.165, 1.54) is 0 Å². The van der Waals surface area contributed by atoms with Crippen LogP contribution in [0.2, 0.25) is 0 Å². The number of benzene rings is 3. The maximum absolute atomic E-state index is 13.8. The average molecular weight is 517 g/mol. The van der Waals surface area contributed by atoms with Crippen LogP contribution in [0.25, 0.3) is 0 Å². The molecule has 6 nitrogen and oxygen atoms in total. The summed E-state index contributed by atoms with van der Waals surface area (Å²) in [5, 5.41) is 3.05. The standard InChI is InChI=1S/C32H40N2O4/c1-23(2)20-33-32(36)29(19-25-12-7-6-8-13-25)34(21-26-14-11-15-27(18-26)37-5)31(35)22-38-30-17-10-9-16-28(30)24(3)4/h6-18,23-24,29H,19-22H2,1-5H3,(H,33,36)/t29-/m1/s1. The first-order valence-corrected chi connectivity index (χ1v) is 13.2. The van der Waals surface area contributed by atoms with Gasteiger partial charge in [0.25, 0.3) is 5.91 Å². The quantitative estimate of drug-likeness (QED) is 0.321. The number of nitrogens with zero attached hydrogens (tertiary/aromatic N) is 1. The third-order valence-electron chi connectivity index (χ3n) is 6.33. The Morgan fingerprint density at radius 1 is 0.868 bits per heavy atom. The highest BCUT2D eigenvalue weighted by atomic mass is 16.5. The van der Waals surface area contributed by atoms with Crippen LogP contribution in [0.4, 0.5) is 0 Å². The van der Waals surface area contributed by atoms with Crippen LogP contribution in [-0.4, -0.2) is 43.0 Å². The van der Waals surface area contributed by atoms with Crippen LogP contribution in [0.5, 0.6) is 11.5 Å². The summed E-state index contributed by atoms with van der Waals surface area (Å²) < 4.78 is 11.5. The molecule has 1 atom stereocenters. The van der Waals surface area contributed by atoms with Crippen LogP contribution in [0, 0.1) is 5.92 Å². The molecule has 6 heteroatoms. The molecular weight excluding hydrogens is 476 g/mol. The maximum atomic E-state index is 13.8. The summed E-state index contributed by atoms with van der Waals surface area (Å²) in [6, 6.07) is 24.4. The van der Waals surface area contributed by atoms with E-state index in [0.29, 0.717) is 24.5 Å². The van der Waals surface area contributed by atoms with Crippen molar-refractivity contribution in [3.05, 3.63) is 95.6 Å². The summed E-state index contributed by atoms with van der Waals surface area (Å²) in [6.07, 6.45) is 0.392. The highest BCUT2D eigenvalue weighted by Gasteiger charge is 2.31. The zero-order valence-corrected chi connectivity index (χ0v) is 23.1. The second kappa shape index (κ2) is 14.2. The number of hydrogen-bond donors (Lipinski definition) is 1. The summed E-state index contributed by atoms with van der Waals surface area (Å²) in [5.74, 6) is 1.48. The molecule has 0 aromatic heterocycles. The molecule has 3 aromatic carbocycles. The molecule has 1 N–H and O–H groups in total. The fourth-order valence-corrected chi connectivity index (χ4v) is 4.26. The largest absolute Gasteiger partial charge is 0.497 e. The van der Waals surface area contributed by atoms with Crippen molar-refractivity contribution in [1.82, 2.24) is 10.2 Å². The van der Waals surface area contributed by atoms with Gasteiger partial charge in [0, 0.05) is 19.5 Å². The summed E-state index contributed by atoms with van der Waals surface area (Å²) in [7, 11) is 1.61. The fraction of sp³-hybridized carbons (Fsp3) is 0.375. The fourth-order valence-electron chi connectivity index (χ4n) is 4.26. The van der Waals surface area contributed by atoms with Crippen molar-refractivity contribution in [2.24, 2.45) is 5.92 Å². The number of ether oxygens (including phenoxy) is 2. The molecule has 0 saturated carbocycles. The Kier molecular flexibility index (Phi) is 10.8. The number of nitrogens with one attached hydrogen (secondary N) is 1. The first-order chi connectivity index (χ1) is 18.3. The van der Waals surface area contributed by atoms with Crippen LogP contribution in [0.1, 0.15) is 50.3 Å². The number of hydrogen-bond acceptors (Lipinski definition) is 4. The van der Waals surface area contributed by atoms with Crippen LogP contribution in [0.15, 0.2) is 78.9 Å². The first kappa shape index (κ1) is 28.8. The van der Waals surface area contributed by atoms with Crippen molar-refractivity contribution in [2.45, 2.75) is 52.6 Å².